The van der Waals surface area contributed by atoms with Crippen molar-refractivity contribution in [1.82, 2.24) is 5.43 Å². The van der Waals surface area contributed by atoms with Crippen molar-refractivity contribution in [3.8, 4) is 0 Å². The second-order valence-electron chi connectivity index (χ2n) is 8.15. The second kappa shape index (κ2) is 14.3. The summed E-state index contributed by atoms with van der Waals surface area (Å²) in [5, 5.41) is 34.1. The van der Waals surface area contributed by atoms with Crippen molar-refractivity contribution in [3.05, 3.63) is 0 Å². The number of aliphatic hydroxyl groups excluding tert-OH is 2. The molecule has 6 N–H and O–H groups in total. The van der Waals surface area contributed by atoms with Gasteiger partial charge in [-0.3, -0.25) is 4.79 Å². The monoisotopic (exact) mass is 413 g/mol. The van der Waals surface area contributed by atoms with Crippen molar-refractivity contribution in [2.45, 2.75) is 103 Å². The maximum absolute atomic E-state index is 11.0. The molecule has 1 aliphatic rings. The van der Waals surface area contributed by atoms with Crippen LogP contribution in [0.5, 0.6) is 0 Å². The van der Waals surface area contributed by atoms with Crippen molar-refractivity contribution in [2.75, 3.05) is 0 Å². The summed E-state index contributed by atoms with van der Waals surface area (Å²) in [6.07, 6.45) is 9.34. The Bertz CT molecular complexity index is 526. The first-order valence-corrected chi connectivity index (χ1v) is 11.1. The molecule has 2 amide bonds. The lowest BCUT2D eigenvalue weighted by atomic mass is 9.83. The molecule has 0 aliphatic heterocycles. The summed E-state index contributed by atoms with van der Waals surface area (Å²) in [6, 6.07) is -0.751. The van der Waals surface area contributed by atoms with Gasteiger partial charge in [0, 0.05) is 30.4 Å². The van der Waals surface area contributed by atoms with E-state index in [0.29, 0.717) is 25.0 Å². The van der Waals surface area contributed by atoms with E-state index in [-0.39, 0.29) is 18.3 Å². The van der Waals surface area contributed by atoms with E-state index in [0.717, 1.165) is 44.9 Å². The fourth-order valence-electron chi connectivity index (χ4n) is 4.27. The van der Waals surface area contributed by atoms with E-state index < -0.39 is 24.2 Å². The number of carboxylic acid groups (broad SMARTS) is 1. The highest BCUT2D eigenvalue weighted by molar-refractivity contribution is 5.90. The largest absolute Gasteiger partial charge is 0.481 e. The Balaban J connectivity index is 2.62. The number of amides is 2. The molecule has 8 heteroatoms. The number of aliphatic carboxylic acids is 1. The number of nitrogens with one attached hydrogen (secondary N) is 1. The number of carbonyl (C=O) groups is 2. The van der Waals surface area contributed by atoms with Crippen LogP contribution in [0.25, 0.3) is 0 Å². The Morgan fingerprint density at radius 3 is 2.45 bits per heavy atom. The van der Waals surface area contributed by atoms with Crippen molar-refractivity contribution in [1.29, 1.82) is 0 Å². The maximum Gasteiger partial charge on any atom is 0.332 e. The van der Waals surface area contributed by atoms with Gasteiger partial charge in [0.15, 0.2) is 0 Å². The average Bonchev–Trinajstić information content (AvgIpc) is 2.97. The molecule has 0 bridgehead atoms. The topological polar surface area (TPSA) is 145 Å². The van der Waals surface area contributed by atoms with E-state index in [1.807, 2.05) is 0 Å². The van der Waals surface area contributed by atoms with E-state index >= 15 is 0 Å². The molecule has 0 aromatic carbocycles. The van der Waals surface area contributed by atoms with E-state index in [1.165, 1.54) is 12.8 Å². The number of hydrazone groups is 1. The van der Waals surface area contributed by atoms with Crippen LogP contribution in [-0.2, 0) is 4.79 Å². The third-order valence-corrected chi connectivity index (χ3v) is 5.77. The van der Waals surface area contributed by atoms with Gasteiger partial charge < -0.3 is 21.1 Å². The van der Waals surface area contributed by atoms with Crippen LogP contribution in [0.15, 0.2) is 5.10 Å². The molecule has 1 fully saturated rings. The Labute approximate surface area is 173 Å². The van der Waals surface area contributed by atoms with Crippen LogP contribution in [0.1, 0.15) is 90.4 Å². The van der Waals surface area contributed by atoms with Crippen molar-refractivity contribution < 1.29 is 24.9 Å². The number of hydrogen-bond acceptors (Lipinski definition) is 5. The van der Waals surface area contributed by atoms with Crippen LogP contribution in [-0.4, -0.2) is 45.2 Å². The van der Waals surface area contributed by atoms with Crippen molar-refractivity contribution in [2.24, 2.45) is 22.7 Å². The molecule has 0 heterocycles. The van der Waals surface area contributed by atoms with Crippen molar-refractivity contribution >= 4 is 17.7 Å². The first-order chi connectivity index (χ1) is 13.9. The molecule has 0 saturated heterocycles. The number of aliphatic hydroxyl groups is 2. The van der Waals surface area contributed by atoms with Gasteiger partial charge in [-0.25, -0.2) is 10.2 Å². The van der Waals surface area contributed by atoms with Crippen LogP contribution in [0.2, 0.25) is 0 Å². The van der Waals surface area contributed by atoms with Gasteiger partial charge in [0.1, 0.15) is 0 Å². The van der Waals surface area contributed by atoms with Gasteiger partial charge in [0.2, 0.25) is 0 Å². The predicted molar refractivity (Wildman–Crippen MR) is 112 cm³/mol. The highest BCUT2D eigenvalue weighted by Crippen LogP contribution is 2.37. The van der Waals surface area contributed by atoms with Gasteiger partial charge in [-0.15, -0.1) is 0 Å². The van der Waals surface area contributed by atoms with Crippen molar-refractivity contribution in [3.63, 3.8) is 0 Å². The molecule has 4 unspecified atom stereocenters. The lowest BCUT2D eigenvalue weighted by Gasteiger charge is -2.27. The minimum Gasteiger partial charge on any atom is -0.481 e. The van der Waals surface area contributed by atoms with Gasteiger partial charge in [0.05, 0.1) is 12.2 Å². The third kappa shape index (κ3) is 10.1. The predicted octanol–water partition coefficient (Wildman–Crippen LogP) is 3.15. The van der Waals surface area contributed by atoms with Crippen LogP contribution in [0.4, 0.5) is 4.79 Å². The molecule has 0 spiro atoms. The maximum atomic E-state index is 11.0. The van der Waals surface area contributed by atoms with Gasteiger partial charge >= 0.3 is 12.0 Å². The summed E-state index contributed by atoms with van der Waals surface area (Å²) in [5.41, 5.74) is 8.05. The lowest BCUT2D eigenvalue weighted by molar-refractivity contribution is -0.137. The summed E-state index contributed by atoms with van der Waals surface area (Å²) >= 11 is 0. The lowest BCUT2D eigenvalue weighted by Crippen LogP contribution is -2.33. The summed E-state index contributed by atoms with van der Waals surface area (Å²) < 4.78 is 0. The molecule has 4 atom stereocenters. The molecule has 0 aromatic rings. The normalized spacial score (nSPS) is 24.0. The molecule has 8 nitrogen and oxygen atoms in total. The van der Waals surface area contributed by atoms with Crippen LogP contribution in [0.3, 0.4) is 0 Å². The summed E-state index contributed by atoms with van der Waals surface area (Å²) in [6.45, 7) is 2.16. The zero-order chi connectivity index (χ0) is 21.6. The summed E-state index contributed by atoms with van der Waals surface area (Å²) in [4.78, 5) is 21.6. The number of carbonyl (C=O) groups excluding carboxylic acids is 1. The molecule has 1 aliphatic carbocycles. The molecule has 1 saturated carbocycles. The van der Waals surface area contributed by atoms with E-state index in [4.69, 9.17) is 10.8 Å². The summed E-state index contributed by atoms with van der Waals surface area (Å²) in [5.74, 6) is -1.19. The Morgan fingerprint density at radius 2 is 1.79 bits per heavy atom. The molecule has 0 aromatic heterocycles. The Hall–Kier alpha value is -1.67. The quantitative estimate of drug-likeness (QED) is 0.207. The third-order valence-electron chi connectivity index (χ3n) is 5.77. The number of primary amides is 1. The SMILES string of the molecule is CCCCCCCC(O)C1C(O)CC(=NNC(N)=O)C1CCCCCCC(=O)O. The number of nitrogens with two attached hydrogens (primary N) is 1. The Morgan fingerprint density at radius 1 is 1.14 bits per heavy atom. The Kier molecular flexibility index (Phi) is 12.5. The molecular weight excluding hydrogens is 374 g/mol. The smallest absolute Gasteiger partial charge is 0.332 e. The zero-order valence-electron chi connectivity index (χ0n) is 17.7. The van der Waals surface area contributed by atoms with Crippen LogP contribution < -0.4 is 11.2 Å². The molecule has 0 radical (unpaired) electrons. The number of hydrogen-bond donors (Lipinski definition) is 5. The minimum atomic E-state index is -0.780. The van der Waals surface area contributed by atoms with E-state index in [1.54, 1.807) is 0 Å². The highest BCUT2D eigenvalue weighted by atomic mass is 16.4. The van der Waals surface area contributed by atoms with Gasteiger partial charge in [-0.2, -0.15) is 5.10 Å². The number of nitrogens with zero attached hydrogens (tertiary/aromatic N) is 1. The molecular formula is C21H39N3O5. The minimum absolute atomic E-state index is 0.109. The van der Waals surface area contributed by atoms with Gasteiger partial charge in [-0.05, 0) is 19.3 Å². The second-order valence-corrected chi connectivity index (χ2v) is 8.15. The first kappa shape index (κ1) is 25.4. The highest BCUT2D eigenvalue weighted by Gasteiger charge is 2.43. The van der Waals surface area contributed by atoms with Crippen LogP contribution >= 0.6 is 0 Å². The number of rotatable bonds is 15. The number of unbranched alkanes of at least 4 members (excludes halogenated alkanes) is 7. The van der Waals surface area contributed by atoms with Crippen LogP contribution in [0, 0.1) is 11.8 Å². The van der Waals surface area contributed by atoms with Gasteiger partial charge in [0.25, 0.3) is 0 Å². The van der Waals surface area contributed by atoms with E-state index in [2.05, 4.69) is 17.5 Å². The molecule has 1 rings (SSSR count). The molecule has 29 heavy (non-hydrogen) atoms. The fraction of sp³-hybridized carbons (Fsp3) is 0.857. The fourth-order valence-corrected chi connectivity index (χ4v) is 4.27. The number of urea groups is 1. The number of carboxylic acids is 1. The standard InChI is InChI=1S/C21H39N3O5/c1-2-3-4-5-9-12-17(25)20-15(11-8-6-7-10-13-19(27)28)16(14-18(20)26)23-24-21(22)29/h15,17-18,20,25-26H,2-14H2,1H3,(H,27,28)(H3,22,24,29). The van der Waals surface area contributed by atoms with E-state index in [9.17, 15) is 19.8 Å². The zero-order valence-corrected chi connectivity index (χ0v) is 17.7. The summed E-state index contributed by atoms with van der Waals surface area (Å²) in [7, 11) is 0. The first-order valence-electron chi connectivity index (χ1n) is 11.1. The average molecular weight is 414 g/mol. The van der Waals surface area contributed by atoms with Gasteiger partial charge in [-0.1, -0.05) is 58.3 Å². The molecule has 168 valence electrons.